The molecule has 0 aliphatic carbocycles. The second kappa shape index (κ2) is 9.15. The van der Waals surface area contributed by atoms with E-state index in [1.165, 1.54) is 0 Å². The van der Waals surface area contributed by atoms with Crippen molar-refractivity contribution in [2.24, 2.45) is 16.1 Å². The normalized spacial score (nSPS) is 12.0. The number of rotatable bonds is 8. The smallest absolute Gasteiger partial charge is 0.224 e. The van der Waals surface area contributed by atoms with Crippen LogP contribution in [0.3, 0.4) is 0 Å². The fourth-order valence-corrected chi connectivity index (χ4v) is 2.03. The summed E-state index contributed by atoms with van der Waals surface area (Å²) in [6.07, 6.45) is 0. The zero-order valence-corrected chi connectivity index (χ0v) is 15.4. The van der Waals surface area contributed by atoms with Crippen LogP contribution in [0, 0.1) is 5.41 Å². The van der Waals surface area contributed by atoms with Gasteiger partial charge >= 0.3 is 0 Å². The Bertz CT molecular complexity index is 553. The molecule has 0 bridgehead atoms. The molecule has 1 aromatic rings. The first-order valence-corrected chi connectivity index (χ1v) is 8.31. The molecule has 0 aromatic heterocycles. The summed E-state index contributed by atoms with van der Waals surface area (Å²) in [4.78, 5) is 18.0. The number of guanidine groups is 1. The van der Waals surface area contributed by atoms with Gasteiger partial charge in [0.1, 0.15) is 5.75 Å². The van der Waals surface area contributed by atoms with Crippen molar-refractivity contribution in [1.29, 1.82) is 0 Å². The van der Waals surface area contributed by atoms with Gasteiger partial charge in [-0.3, -0.25) is 9.79 Å². The average molecular weight is 334 g/mol. The average Bonchev–Trinajstić information content (AvgIpc) is 2.53. The molecule has 6 nitrogen and oxygen atoms in total. The molecule has 0 spiro atoms. The van der Waals surface area contributed by atoms with E-state index >= 15 is 0 Å². The molecule has 0 unspecified atom stereocenters. The van der Waals surface area contributed by atoms with Crippen molar-refractivity contribution in [3.05, 3.63) is 29.8 Å². The zero-order chi connectivity index (χ0) is 18.2. The summed E-state index contributed by atoms with van der Waals surface area (Å²) in [6, 6.07) is 8.01. The molecule has 6 heteroatoms. The maximum Gasteiger partial charge on any atom is 0.224 e. The van der Waals surface area contributed by atoms with Crippen LogP contribution in [0.15, 0.2) is 29.3 Å². The molecular weight excluding hydrogens is 304 g/mol. The van der Waals surface area contributed by atoms with Crippen LogP contribution in [0.5, 0.6) is 5.75 Å². The van der Waals surface area contributed by atoms with Crippen molar-refractivity contribution in [3.8, 4) is 5.75 Å². The number of aliphatic imine (C=N–C) groups is 1. The van der Waals surface area contributed by atoms with Crippen LogP contribution < -0.4 is 15.8 Å². The maximum atomic E-state index is 11.4. The lowest BCUT2D eigenvalue weighted by Gasteiger charge is -2.24. The topological polar surface area (TPSA) is 79.9 Å². The summed E-state index contributed by atoms with van der Waals surface area (Å²) in [5, 5.41) is 3.24. The maximum absolute atomic E-state index is 11.4. The van der Waals surface area contributed by atoms with Crippen LogP contribution in [-0.4, -0.2) is 43.5 Å². The van der Waals surface area contributed by atoms with Crippen LogP contribution in [0.1, 0.15) is 33.3 Å². The number of nitrogens with one attached hydrogen (secondary N) is 1. The molecule has 1 amide bonds. The SMILES string of the molecule is CCNC(=NCC(C)(C)C(N)=O)N(C)Cc1ccc(OCC)cc1. The minimum atomic E-state index is -0.666. The van der Waals surface area contributed by atoms with E-state index in [0.29, 0.717) is 19.7 Å². The first kappa shape index (κ1) is 19.8. The summed E-state index contributed by atoms with van der Waals surface area (Å²) in [5.41, 5.74) is 5.90. The summed E-state index contributed by atoms with van der Waals surface area (Å²) >= 11 is 0. The largest absolute Gasteiger partial charge is 0.494 e. The van der Waals surface area contributed by atoms with Gasteiger partial charge in [-0.2, -0.15) is 0 Å². The fraction of sp³-hybridized carbons (Fsp3) is 0.556. The first-order chi connectivity index (χ1) is 11.3. The number of amides is 1. The second-order valence-electron chi connectivity index (χ2n) is 6.35. The van der Waals surface area contributed by atoms with Crippen molar-refractivity contribution >= 4 is 11.9 Å². The zero-order valence-electron chi connectivity index (χ0n) is 15.4. The number of nitrogens with two attached hydrogens (primary N) is 1. The Balaban J connectivity index is 2.78. The Morgan fingerprint density at radius 2 is 1.92 bits per heavy atom. The third-order valence-corrected chi connectivity index (χ3v) is 3.64. The molecule has 3 N–H and O–H groups in total. The monoisotopic (exact) mass is 334 g/mol. The van der Waals surface area contributed by atoms with Gasteiger partial charge in [-0.15, -0.1) is 0 Å². The van der Waals surface area contributed by atoms with Crippen LogP contribution in [0.25, 0.3) is 0 Å². The van der Waals surface area contributed by atoms with Gasteiger partial charge in [0.2, 0.25) is 5.91 Å². The van der Waals surface area contributed by atoms with Gasteiger partial charge in [0.15, 0.2) is 5.96 Å². The van der Waals surface area contributed by atoms with E-state index in [-0.39, 0.29) is 5.91 Å². The third kappa shape index (κ3) is 6.10. The summed E-state index contributed by atoms with van der Waals surface area (Å²) in [5.74, 6) is 1.27. The molecular formula is C18H30N4O2. The van der Waals surface area contributed by atoms with Gasteiger partial charge in [-0.1, -0.05) is 12.1 Å². The van der Waals surface area contributed by atoms with E-state index in [4.69, 9.17) is 10.5 Å². The van der Waals surface area contributed by atoms with E-state index in [1.807, 2.05) is 50.1 Å². The van der Waals surface area contributed by atoms with Crippen molar-refractivity contribution in [2.45, 2.75) is 34.2 Å². The Labute approximate surface area is 145 Å². The van der Waals surface area contributed by atoms with Crippen LogP contribution in [0.4, 0.5) is 0 Å². The second-order valence-corrected chi connectivity index (χ2v) is 6.35. The van der Waals surface area contributed by atoms with Crippen molar-refractivity contribution < 1.29 is 9.53 Å². The van der Waals surface area contributed by atoms with Gasteiger partial charge in [0.25, 0.3) is 0 Å². The predicted molar refractivity (Wildman–Crippen MR) is 98.0 cm³/mol. The minimum Gasteiger partial charge on any atom is -0.494 e. The van der Waals surface area contributed by atoms with Crippen LogP contribution in [-0.2, 0) is 11.3 Å². The number of primary amides is 1. The van der Waals surface area contributed by atoms with E-state index in [0.717, 1.165) is 23.8 Å². The number of carbonyl (C=O) groups is 1. The van der Waals surface area contributed by atoms with Gasteiger partial charge in [-0.05, 0) is 45.4 Å². The molecule has 0 fully saturated rings. The molecule has 1 rings (SSSR count). The van der Waals surface area contributed by atoms with Crippen LogP contribution in [0.2, 0.25) is 0 Å². The molecule has 0 atom stereocenters. The molecule has 0 saturated heterocycles. The standard InChI is InChI=1S/C18H30N4O2/c1-6-20-17(21-13-18(3,4)16(19)23)22(5)12-14-8-10-15(11-9-14)24-7-2/h8-11H,6-7,12-13H2,1-5H3,(H2,19,23)(H,20,21). The Morgan fingerprint density at radius 3 is 2.42 bits per heavy atom. The first-order valence-electron chi connectivity index (χ1n) is 8.31. The lowest BCUT2D eigenvalue weighted by Crippen LogP contribution is -2.40. The van der Waals surface area contributed by atoms with Crippen molar-refractivity contribution in [2.75, 3.05) is 26.7 Å². The highest BCUT2D eigenvalue weighted by molar-refractivity contribution is 5.82. The van der Waals surface area contributed by atoms with Gasteiger partial charge < -0.3 is 20.7 Å². The quantitative estimate of drug-likeness (QED) is 0.563. The number of hydrogen-bond donors (Lipinski definition) is 2. The molecule has 0 saturated carbocycles. The molecule has 0 aliphatic rings. The van der Waals surface area contributed by atoms with E-state index in [1.54, 1.807) is 13.8 Å². The molecule has 0 radical (unpaired) electrons. The highest BCUT2D eigenvalue weighted by atomic mass is 16.5. The van der Waals surface area contributed by atoms with Crippen molar-refractivity contribution in [3.63, 3.8) is 0 Å². The molecule has 0 heterocycles. The molecule has 134 valence electrons. The summed E-state index contributed by atoms with van der Waals surface area (Å²) < 4.78 is 5.46. The summed E-state index contributed by atoms with van der Waals surface area (Å²) in [7, 11) is 1.97. The van der Waals surface area contributed by atoms with E-state index < -0.39 is 5.41 Å². The minimum absolute atomic E-state index is 0.346. The lowest BCUT2D eigenvalue weighted by molar-refractivity contribution is -0.125. The molecule has 24 heavy (non-hydrogen) atoms. The third-order valence-electron chi connectivity index (χ3n) is 3.64. The molecule has 1 aromatic carbocycles. The number of hydrogen-bond acceptors (Lipinski definition) is 3. The lowest BCUT2D eigenvalue weighted by atomic mass is 9.93. The van der Waals surface area contributed by atoms with Gasteiger partial charge in [0, 0.05) is 20.1 Å². The number of carbonyl (C=O) groups excluding carboxylic acids is 1. The van der Waals surface area contributed by atoms with E-state index in [9.17, 15) is 4.79 Å². The Morgan fingerprint density at radius 1 is 1.29 bits per heavy atom. The molecule has 0 aliphatic heterocycles. The Hall–Kier alpha value is -2.24. The van der Waals surface area contributed by atoms with Gasteiger partial charge in [-0.25, -0.2) is 0 Å². The highest BCUT2D eigenvalue weighted by Gasteiger charge is 2.24. The number of nitrogens with zero attached hydrogens (tertiary/aromatic N) is 2. The van der Waals surface area contributed by atoms with E-state index in [2.05, 4.69) is 10.3 Å². The van der Waals surface area contributed by atoms with Crippen LogP contribution >= 0.6 is 0 Å². The fourth-order valence-electron chi connectivity index (χ4n) is 2.03. The number of ether oxygens (including phenoxy) is 1. The van der Waals surface area contributed by atoms with Crippen molar-refractivity contribution in [1.82, 2.24) is 10.2 Å². The summed E-state index contributed by atoms with van der Waals surface area (Å²) in [6.45, 7) is 10.0. The number of benzene rings is 1. The Kier molecular flexibility index (Phi) is 7.55. The van der Waals surface area contributed by atoms with Gasteiger partial charge in [0.05, 0.1) is 18.6 Å². The predicted octanol–water partition coefficient (Wildman–Crippen LogP) is 1.99. The highest BCUT2D eigenvalue weighted by Crippen LogP contribution is 2.15.